The van der Waals surface area contributed by atoms with Crippen LogP contribution in [0.25, 0.3) is 0 Å². The van der Waals surface area contributed by atoms with Crippen LogP contribution in [0.4, 0.5) is 0 Å². The van der Waals surface area contributed by atoms with Crippen LogP contribution in [-0.2, 0) is 17.8 Å². The zero-order chi connectivity index (χ0) is 14.8. The Morgan fingerprint density at radius 3 is 3.00 bits per heavy atom. The van der Waals surface area contributed by atoms with Crippen LogP contribution < -0.4 is 5.32 Å². The molecule has 1 aromatic rings. The molecule has 21 heavy (non-hydrogen) atoms. The smallest absolute Gasteiger partial charge is 0.305 e. The van der Waals surface area contributed by atoms with Crippen molar-refractivity contribution in [3.63, 3.8) is 0 Å². The summed E-state index contributed by atoms with van der Waals surface area (Å²) in [5.74, 6) is -0.874. The summed E-state index contributed by atoms with van der Waals surface area (Å²) in [4.78, 5) is 25.3. The van der Waals surface area contributed by atoms with Gasteiger partial charge in [-0.3, -0.25) is 9.59 Å². The maximum absolute atomic E-state index is 12.6. The van der Waals surface area contributed by atoms with Crippen LogP contribution in [0.5, 0.6) is 0 Å². The number of fused-ring (bicyclic) bond motifs is 1. The molecule has 3 rings (SSSR count). The summed E-state index contributed by atoms with van der Waals surface area (Å²) in [7, 11) is 0. The van der Waals surface area contributed by atoms with Crippen LogP contribution in [0.1, 0.15) is 40.7 Å². The second kappa shape index (κ2) is 5.85. The highest BCUT2D eigenvalue weighted by Gasteiger charge is 2.31. The molecule has 5 heteroatoms. The van der Waals surface area contributed by atoms with Crippen LogP contribution in [0, 0.1) is 0 Å². The third kappa shape index (κ3) is 2.93. The molecule has 1 aromatic carbocycles. The topological polar surface area (TPSA) is 69.6 Å². The largest absolute Gasteiger partial charge is 0.481 e. The van der Waals surface area contributed by atoms with Gasteiger partial charge in [-0.1, -0.05) is 6.07 Å². The molecule has 0 aliphatic carbocycles. The van der Waals surface area contributed by atoms with E-state index in [9.17, 15) is 9.59 Å². The number of aliphatic carboxylic acids is 1. The monoisotopic (exact) mass is 288 g/mol. The van der Waals surface area contributed by atoms with Crippen LogP contribution in [0.3, 0.4) is 0 Å². The van der Waals surface area contributed by atoms with Crippen molar-refractivity contribution >= 4 is 11.9 Å². The van der Waals surface area contributed by atoms with Gasteiger partial charge in [0.15, 0.2) is 0 Å². The Labute approximate surface area is 123 Å². The second-order valence-corrected chi connectivity index (χ2v) is 5.80. The Morgan fingerprint density at radius 2 is 2.19 bits per heavy atom. The number of carboxylic acid groups (broad SMARTS) is 1. The molecule has 1 unspecified atom stereocenters. The zero-order valence-corrected chi connectivity index (χ0v) is 12.0. The summed E-state index contributed by atoms with van der Waals surface area (Å²) < 4.78 is 0. The maximum atomic E-state index is 12.6. The zero-order valence-electron chi connectivity index (χ0n) is 12.0. The predicted molar refractivity (Wildman–Crippen MR) is 78.2 cm³/mol. The Kier molecular flexibility index (Phi) is 3.92. The number of nitrogens with zero attached hydrogens (tertiary/aromatic N) is 1. The van der Waals surface area contributed by atoms with Gasteiger partial charge in [-0.15, -0.1) is 0 Å². The number of carbonyl (C=O) groups is 2. The Hall–Kier alpha value is -1.88. The average Bonchev–Trinajstić information content (AvgIpc) is 2.93. The normalized spacial score (nSPS) is 21.1. The summed E-state index contributed by atoms with van der Waals surface area (Å²) in [5, 5.41) is 12.3. The highest BCUT2D eigenvalue weighted by molar-refractivity contribution is 5.95. The molecular formula is C16H20N2O3. The summed E-state index contributed by atoms with van der Waals surface area (Å²) in [6.07, 6.45) is 2.70. The quantitative estimate of drug-likeness (QED) is 0.882. The van der Waals surface area contributed by atoms with Gasteiger partial charge < -0.3 is 15.3 Å². The lowest BCUT2D eigenvalue weighted by atomic mass is 9.98. The van der Waals surface area contributed by atoms with Crippen molar-refractivity contribution < 1.29 is 14.7 Å². The van der Waals surface area contributed by atoms with E-state index >= 15 is 0 Å². The lowest BCUT2D eigenvalue weighted by Crippen LogP contribution is -2.37. The highest BCUT2D eigenvalue weighted by atomic mass is 16.4. The van der Waals surface area contributed by atoms with E-state index in [-0.39, 0.29) is 18.4 Å². The van der Waals surface area contributed by atoms with Crippen LogP contribution in [0.15, 0.2) is 18.2 Å². The minimum Gasteiger partial charge on any atom is -0.481 e. The van der Waals surface area contributed by atoms with Gasteiger partial charge >= 0.3 is 5.97 Å². The van der Waals surface area contributed by atoms with Crippen molar-refractivity contribution in [3.8, 4) is 0 Å². The number of likely N-dealkylation sites (tertiary alicyclic amines) is 1. The number of amides is 1. The van der Waals surface area contributed by atoms with Gasteiger partial charge in [0.2, 0.25) is 0 Å². The van der Waals surface area contributed by atoms with E-state index in [0.717, 1.165) is 32.4 Å². The summed E-state index contributed by atoms with van der Waals surface area (Å²) in [6, 6.07) is 5.71. The minimum absolute atomic E-state index is 0.0351. The van der Waals surface area contributed by atoms with Crippen LogP contribution in [-0.4, -0.2) is 41.0 Å². The fourth-order valence-electron chi connectivity index (χ4n) is 3.30. The van der Waals surface area contributed by atoms with Crippen molar-refractivity contribution in [3.05, 3.63) is 34.9 Å². The standard InChI is InChI=1S/C16H20N2O3/c19-15(20)9-14-2-1-7-18(14)16(21)12-4-3-11-5-6-17-10-13(11)8-12/h3-4,8,14,17H,1-2,5-7,9-10H2,(H,19,20). The van der Waals surface area contributed by atoms with E-state index in [1.54, 1.807) is 4.90 Å². The van der Waals surface area contributed by atoms with E-state index in [1.807, 2.05) is 18.2 Å². The number of benzene rings is 1. The predicted octanol–water partition coefficient (Wildman–Crippen LogP) is 1.41. The first-order chi connectivity index (χ1) is 10.1. The van der Waals surface area contributed by atoms with E-state index < -0.39 is 5.97 Å². The molecule has 1 fully saturated rings. The molecule has 0 aromatic heterocycles. The first-order valence-corrected chi connectivity index (χ1v) is 7.50. The fourth-order valence-corrected chi connectivity index (χ4v) is 3.30. The molecule has 5 nitrogen and oxygen atoms in total. The summed E-state index contributed by atoms with van der Waals surface area (Å²) in [5.41, 5.74) is 3.16. The van der Waals surface area contributed by atoms with Gasteiger partial charge in [-0.25, -0.2) is 0 Å². The molecule has 112 valence electrons. The number of carboxylic acids is 1. The molecule has 1 saturated heterocycles. The van der Waals surface area contributed by atoms with Crippen molar-refractivity contribution in [1.29, 1.82) is 0 Å². The first kappa shape index (κ1) is 14.1. The van der Waals surface area contributed by atoms with Gasteiger partial charge in [-0.2, -0.15) is 0 Å². The van der Waals surface area contributed by atoms with Crippen molar-refractivity contribution in [1.82, 2.24) is 10.2 Å². The van der Waals surface area contributed by atoms with Gasteiger partial charge in [0.05, 0.1) is 6.42 Å². The average molecular weight is 288 g/mol. The second-order valence-electron chi connectivity index (χ2n) is 5.80. The fraction of sp³-hybridized carbons (Fsp3) is 0.500. The Morgan fingerprint density at radius 1 is 1.33 bits per heavy atom. The number of hydrogen-bond acceptors (Lipinski definition) is 3. The summed E-state index contributed by atoms with van der Waals surface area (Å²) >= 11 is 0. The van der Waals surface area contributed by atoms with Crippen LogP contribution >= 0.6 is 0 Å². The van der Waals surface area contributed by atoms with Crippen molar-refractivity contribution in [2.45, 2.75) is 38.3 Å². The van der Waals surface area contributed by atoms with E-state index in [1.165, 1.54) is 11.1 Å². The van der Waals surface area contributed by atoms with E-state index in [4.69, 9.17) is 5.11 Å². The number of nitrogens with one attached hydrogen (secondary N) is 1. The van der Waals surface area contributed by atoms with E-state index in [2.05, 4.69) is 5.32 Å². The van der Waals surface area contributed by atoms with Crippen LogP contribution in [0.2, 0.25) is 0 Å². The van der Waals surface area contributed by atoms with Gasteiger partial charge in [-0.05, 0) is 49.1 Å². The van der Waals surface area contributed by atoms with Crippen molar-refractivity contribution in [2.75, 3.05) is 13.1 Å². The number of carbonyl (C=O) groups excluding carboxylic acids is 1. The molecule has 0 bridgehead atoms. The molecule has 2 aliphatic rings. The molecule has 1 atom stereocenters. The van der Waals surface area contributed by atoms with Gasteiger partial charge in [0.25, 0.3) is 5.91 Å². The van der Waals surface area contributed by atoms with Gasteiger partial charge in [0.1, 0.15) is 0 Å². The molecule has 2 aliphatic heterocycles. The Balaban J connectivity index is 1.79. The van der Waals surface area contributed by atoms with Crippen molar-refractivity contribution in [2.24, 2.45) is 0 Å². The molecule has 2 heterocycles. The third-order valence-corrected chi connectivity index (χ3v) is 4.39. The lowest BCUT2D eigenvalue weighted by molar-refractivity contribution is -0.137. The van der Waals surface area contributed by atoms with Gasteiger partial charge in [0, 0.05) is 24.7 Å². The molecule has 1 amide bonds. The molecule has 0 spiro atoms. The molecule has 0 saturated carbocycles. The van der Waals surface area contributed by atoms with E-state index in [0.29, 0.717) is 12.1 Å². The first-order valence-electron chi connectivity index (χ1n) is 7.50. The minimum atomic E-state index is -0.839. The maximum Gasteiger partial charge on any atom is 0.305 e. The molecular weight excluding hydrogens is 268 g/mol. The third-order valence-electron chi connectivity index (χ3n) is 4.39. The Bertz CT molecular complexity index is 571. The molecule has 2 N–H and O–H groups in total. The number of hydrogen-bond donors (Lipinski definition) is 2. The number of rotatable bonds is 3. The highest BCUT2D eigenvalue weighted by Crippen LogP contribution is 2.24. The lowest BCUT2D eigenvalue weighted by Gasteiger charge is -2.24. The molecule has 0 radical (unpaired) electrons. The SMILES string of the molecule is O=C(O)CC1CCCN1C(=O)c1ccc2c(c1)CNCC2. The summed E-state index contributed by atoms with van der Waals surface area (Å²) in [6.45, 7) is 2.44.